The van der Waals surface area contributed by atoms with E-state index in [1.165, 1.54) is 0 Å². The summed E-state index contributed by atoms with van der Waals surface area (Å²) in [7, 11) is 0. The molecule has 0 amide bonds. The van der Waals surface area contributed by atoms with Gasteiger partial charge in [0.15, 0.2) is 5.69 Å². The van der Waals surface area contributed by atoms with Crippen molar-refractivity contribution in [1.82, 2.24) is 9.55 Å². The topological polar surface area (TPSA) is 53.4 Å². The third-order valence-corrected chi connectivity index (χ3v) is 2.83. The molecule has 1 aromatic heterocycles. The van der Waals surface area contributed by atoms with Gasteiger partial charge in [0, 0.05) is 6.20 Å². The van der Waals surface area contributed by atoms with Crippen molar-refractivity contribution >= 4 is 5.97 Å². The zero-order valence-corrected chi connectivity index (χ0v) is 11.7. The molecule has 0 fully saturated rings. The maximum absolute atomic E-state index is 11.5. The molecular formula is C15H18N2O3. The fourth-order valence-electron chi connectivity index (χ4n) is 1.71. The van der Waals surface area contributed by atoms with E-state index in [0.717, 1.165) is 5.75 Å². The lowest BCUT2D eigenvalue weighted by molar-refractivity contribution is 0.0520. The summed E-state index contributed by atoms with van der Waals surface area (Å²) in [6.07, 6.45) is 3.29. The summed E-state index contributed by atoms with van der Waals surface area (Å²) in [6, 6.07) is 9.69. The molecule has 1 atom stereocenters. The lowest BCUT2D eigenvalue weighted by Crippen LogP contribution is -2.13. The van der Waals surface area contributed by atoms with Gasteiger partial charge in [-0.1, -0.05) is 18.2 Å². The van der Waals surface area contributed by atoms with E-state index < -0.39 is 5.97 Å². The minimum Gasteiger partial charge on any atom is -0.491 e. The Kier molecular flexibility index (Phi) is 4.76. The molecule has 5 heteroatoms. The van der Waals surface area contributed by atoms with Crippen molar-refractivity contribution in [3.05, 3.63) is 48.5 Å². The molecule has 0 N–H and O–H groups in total. The predicted octanol–water partition coefficient (Wildman–Crippen LogP) is 2.70. The second-order valence-corrected chi connectivity index (χ2v) is 4.40. The van der Waals surface area contributed by atoms with Crippen LogP contribution in [0.3, 0.4) is 0 Å². The molecule has 0 aliphatic rings. The first-order valence-electron chi connectivity index (χ1n) is 6.59. The summed E-state index contributed by atoms with van der Waals surface area (Å²) in [4.78, 5) is 15.6. The van der Waals surface area contributed by atoms with E-state index >= 15 is 0 Å². The van der Waals surface area contributed by atoms with Gasteiger partial charge in [0.05, 0.1) is 19.0 Å². The number of esters is 1. The van der Waals surface area contributed by atoms with Crippen molar-refractivity contribution in [2.75, 3.05) is 13.2 Å². The number of carbonyl (C=O) groups is 1. The molecule has 0 radical (unpaired) electrons. The molecule has 0 bridgehead atoms. The van der Waals surface area contributed by atoms with Gasteiger partial charge in [0.2, 0.25) is 0 Å². The largest absolute Gasteiger partial charge is 0.491 e. The number of hydrogen-bond acceptors (Lipinski definition) is 4. The smallest absolute Gasteiger partial charge is 0.358 e. The van der Waals surface area contributed by atoms with Gasteiger partial charge in [-0.15, -0.1) is 0 Å². The van der Waals surface area contributed by atoms with Crippen molar-refractivity contribution < 1.29 is 14.3 Å². The summed E-state index contributed by atoms with van der Waals surface area (Å²) in [5, 5.41) is 0. The van der Waals surface area contributed by atoms with Crippen LogP contribution in [-0.4, -0.2) is 28.7 Å². The van der Waals surface area contributed by atoms with E-state index in [0.29, 0.717) is 18.9 Å². The highest BCUT2D eigenvalue weighted by molar-refractivity contribution is 5.86. The minimum absolute atomic E-state index is 0.0749. The second kappa shape index (κ2) is 6.75. The van der Waals surface area contributed by atoms with Gasteiger partial charge in [0.25, 0.3) is 0 Å². The molecule has 0 aliphatic carbocycles. The Morgan fingerprint density at radius 3 is 2.80 bits per heavy atom. The van der Waals surface area contributed by atoms with Gasteiger partial charge in [-0.2, -0.15) is 0 Å². The number of hydrogen-bond donors (Lipinski definition) is 0. The number of ether oxygens (including phenoxy) is 2. The summed E-state index contributed by atoms with van der Waals surface area (Å²) in [5.41, 5.74) is 0.318. The number of para-hydroxylation sites is 1. The maximum atomic E-state index is 11.5. The van der Waals surface area contributed by atoms with Crippen LogP contribution in [0.5, 0.6) is 5.75 Å². The van der Waals surface area contributed by atoms with E-state index in [4.69, 9.17) is 9.47 Å². The molecular weight excluding hydrogens is 256 g/mol. The van der Waals surface area contributed by atoms with E-state index in [-0.39, 0.29) is 6.04 Å². The Labute approximate surface area is 118 Å². The molecule has 1 heterocycles. The first kappa shape index (κ1) is 14.1. The van der Waals surface area contributed by atoms with Crippen molar-refractivity contribution in [1.29, 1.82) is 0 Å². The van der Waals surface area contributed by atoms with Crippen molar-refractivity contribution in [2.24, 2.45) is 0 Å². The van der Waals surface area contributed by atoms with Gasteiger partial charge in [-0.05, 0) is 26.0 Å². The molecule has 0 spiro atoms. The fourth-order valence-corrected chi connectivity index (χ4v) is 1.71. The average Bonchev–Trinajstić information content (AvgIpc) is 2.96. The summed E-state index contributed by atoms with van der Waals surface area (Å²) >= 11 is 0. The second-order valence-electron chi connectivity index (χ2n) is 4.40. The van der Waals surface area contributed by atoms with Crippen LogP contribution in [0.4, 0.5) is 0 Å². The molecule has 0 aliphatic heterocycles. The number of nitrogens with zero attached hydrogens (tertiary/aromatic N) is 2. The molecule has 0 unspecified atom stereocenters. The van der Waals surface area contributed by atoms with E-state index in [9.17, 15) is 4.79 Å². The Hall–Kier alpha value is -2.30. The first-order chi connectivity index (χ1) is 9.70. The Morgan fingerprint density at radius 1 is 1.35 bits per heavy atom. The van der Waals surface area contributed by atoms with Crippen LogP contribution < -0.4 is 4.74 Å². The lowest BCUT2D eigenvalue weighted by atomic mass is 10.3. The quantitative estimate of drug-likeness (QED) is 0.760. The molecule has 2 aromatic rings. The molecule has 0 saturated carbocycles. The van der Waals surface area contributed by atoms with E-state index in [2.05, 4.69) is 4.98 Å². The van der Waals surface area contributed by atoms with Crippen LogP contribution in [0.25, 0.3) is 0 Å². The fraction of sp³-hybridized carbons (Fsp3) is 0.333. The molecule has 0 saturated heterocycles. The number of carbonyl (C=O) groups excluding carboxylic acids is 1. The van der Waals surface area contributed by atoms with Gasteiger partial charge in [-0.25, -0.2) is 9.78 Å². The number of imidazole rings is 1. The van der Waals surface area contributed by atoms with Crippen molar-refractivity contribution in [2.45, 2.75) is 19.9 Å². The highest BCUT2D eigenvalue weighted by Gasteiger charge is 2.13. The SMILES string of the molecule is CCOC(=O)c1cn([C@@H](C)COc2ccccc2)cn1. The van der Waals surface area contributed by atoms with Crippen LogP contribution >= 0.6 is 0 Å². The summed E-state index contributed by atoms with van der Waals surface area (Å²) in [5.74, 6) is 0.424. The van der Waals surface area contributed by atoms with Gasteiger partial charge >= 0.3 is 5.97 Å². The number of aromatic nitrogens is 2. The first-order valence-corrected chi connectivity index (χ1v) is 6.59. The zero-order chi connectivity index (χ0) is 14.4. The molecule has 2 rings (SSSR count). The van der Waals surface area contributed by atoms with Crippen LogP contribution in [-0.2, 0) is 4.74 Å². The van der Waals surface area contributed by atoms with Crippen molar-refractivity contribution in [3.8, 4) is 5.75 Å². The van der Waals surface area contributed by atoms with Gasteiger partial charge < -0.3 is 14.0 Å². The van der Waals surface area contributed by atoms with Gasteiger partial charge in [-0.3, -0.25) is 0 Å². The van der Waals surface area contributed by atoms with E-state index in [1.54, 1.807) is 19.4 Å². The van der Waals surface area contributed by atoms with Crippen LogP contribution in [0.15, 0.2) is 42.9 Å². The molecule has 106 valence electrons. The normalized spacial score (nSPS) is 11.9. The molecule has 1 aromatic carbocycles. The molecule has 5 nitrogen and oxygen atoms in total. The zero-order valence-electron chi connectivity index (χ0n) is 11.7. The maximum Gasteiger partial charge on any atom is 0.358 e. The Morgan fingerprint density at radius 2 is 2.10 bits per heavy atom. The predicted molar refractivity (Wildman–Crippen MR) is 74.8 cm³/mol. The monoisotopic (exact) mass is 274 g/mol. The summed E-state index contributed by atoms with van der Waals surface area (Å²) < 4.78 is 12.4. The van der Waals surface area contributed by atoms with Crippen molar-refractivity contribution in [3.63, 3.8) is 0 Å². The highest BCUT2D eigenvalue weighted by Crippen LogP contribution is 2.13. The third kappa shape index (κ3) is 3.60. The van der Waals surface area contributed by atoms with Crippen LogP contribution in [0.1, 0.15) is 30.4 Å². The number of rotatable bonds is 6. The minimum atomic E-state index is -0.401. The average molecular weight is 274 g/mol. The highest BCUT2D eigenvalue weighted by atomic mass is 16.5. The standard InChI is InChI=1S/C15H18N2O3/c1-3-19-15(18)14-9-17(11-16-14)12(2)10-20-13-7-5-4-6-8-13/h4-9,11-12H,3,10H2,1-2H3/t12-/m0/s1. The lowest BCUT2D eigenvalue weighted by Gasteiger charge is -2.14. The van der Waals surface area contributed by atoms with Crippen LogP contribution in [0, 0.1) is 0 Å². The Balaban J connectivity index is 1.92. The number of benzene rings is 1. The molecule has 20 heavy (non-hydrogen) atoms. The van der Waals surface area contributed by atoms with Crippen LogP contribution in [0.2, 0.25) is 0 Å². The third-order valence-electron chi connectivity index (χ3n) is 2.83. The van der Waals surface area contributed by atoms with Gasteiger partial charge in [0.1, 0.15) is 12.4 Å². The summed E-state index contributed by atoms with van der Waals surface area (Å²) in [6.45, 7) is 4.62. The Bertz CT molecular complexity index is 551. The van der Waals surface area contributed by atoms with E-state index in [1.807, 2.05) is 41.8 Å².